The van der Waals surface area contributed by atoms with Crippen LogP contribution in [-0.4, -0.2) is 18.3 Å². The monoisotopic (exact) mass is 271 g/mol. The minimum absolute atomic E-state index is 0.279. The van der Waals surface area contributed by atoms with Gasteiger partial charge in [-0.3, -0.25) is 0 Å². The molecule has 3 N–H and O–H groups in total. The van der Waals surface area contributed by atoms with Crippen molar-refractivity contribution in [2.45, 2.75) is 24.5 Å². The second-order valence-electron chi connectivity index (χ2n) is 4.06. The molecule has 0 saturated heterocycles. The molecule has 1 aromatic carbocycles. The first kappa shape index (κ1) is 10.9. The van der Waals surface area contributed by atoms with Crippen molar-refractivity contribution in [3.05, 3.63) is 28.2 Å². The maximum Gasteiger partial charge on any atom is 0.123 e. The quantitative estimate of drug-likeness (QED) is 0.862. The van der Waals surface area contributed by atoms with Crippen molar-refractivity contribution >= 4 is 15.9 Å². The third-order valence-corrected chi connectivity index (χ3v) is 3.39. The summed E-state index contributed by atoms with van der Waals surface area (Å²) in [5.74, 6) is 0.785. The van der Waals surface area contributed by atoms with Crippen molar-refractivity contribution in [2.24, 2.45) is 5.73 Å². The van der Waals surface area contributed by atoms with Crippen LogP contribution in [0.2, 0.25) is 0 Å². The lowest BCUT2D eigenvalue weighted by atomic mass is 9.70. The van der Waals surface area contributed by atoms with Crippen LogP contribution in [-0.2, 0) is 5.54 Å². The van der Waals surface area contributed by atoms with E-state index in [1.165, 1.54) is 0 Å². The highest BCUT2D eigenvalue weighted by molar-refractivity contribution is 9.10. The predicted octanol–water partition coefficient (Wildman–Crippen LogP) is 1.77. The number of halogens is 1. The highest BCUT2D eigenvalue weighted by Crippen LogP contribution is 2.43. The summed E-state index contributed by atoms with van der Waals surface area (Å²) in [5, 5.41) is 9.35. The molecular weight excluding hydrogens is 258 g/mol. The maximum atomic E-state index is 9.35. The fourth-order valence-electron chi connectivity index (χ4n) is 2.07. The minimum Gasteiger partial charge on any atom is -0.496 e. The Labute approximate surface area is 97.4 Å². The molecule has 0 atom stereocenters. The number of methoxy groups -OCH3 is 1. The Hall–Kier alpha value is -0.580. The fourth-order valence-corrected chi connectivity index (χ4v) is 2.43. The zero-order chi connectivity index (χ0) is 11.1. The van der Waals surface area contributed by atoms with E-state index < -0.39 is 5.54 Å². The van der Waals surface area contributed by atoms with E-state index in [0.717, 1.165) is 15.8 Å². The second-order valence-corrected chi connectivity index (χ2v) is 4.98. The van der Waals surface area contributed by atoms with Crippen molar-refractivity contribution in [1.29, 1.82) is 0 Å². The van der Waals surface area contributed by atoms with E-state index in [1.807, 2.05) is 18.2 Å². The molecule has 1 aliphatic carbocycles. The third-order valence-electron chi connectivity index (χ3n) is 2.90. The van der Waals surface area contributed by atoms with Gasteiger partial charge in [-0.2, -0.15) is 0 Å². The lowest BCUT2D eigenvalue weighted by Crippen LogP contribution is -2.51. The first-order valence-electron chi connectivity index (χ1n) is 4.86. The topological polar surface area (TPSA) is 55.5 Å². The van der Waals surface area contributed by atoms with Gasteiger partial charge in [0, 0.05) is 15.6 Å². The number of hydrogen-bond acceptors (Lipinski definition) is 3. The molecule has 0 aliphatic heterocycles. The molecule has 15 heavy (non-hydrogen) atoms. The first-order chi connectivity index (χ1) is 7.05. The number of ether oxygens (including phenoxy) is 1. The lowest BCUT2D eigenvalue weighted by molar-refractivity contribution is 0.0198. The standard InChI is InChI=1S/C11H14BrNO2/c1-15-10-3-2-7(12)4-9(10)11(13)5-8(14)6-11/h2-4,8,14H,5-6,13H2,1H3. The minimum atomic E-state index is -0.436. The van der Waals surface area contributed by atoms with Crippen molar-refractivity contribution in [2.75, 3.05) is 7.11 Å². The number of aliphatic hydroxyl groups excluding tert-OH is 1. The zero-order valence-corrected chi connectivity index (χ0v) is 10.1. The van der Waals surface area contributed by atoms with Gasteiger partial charge in [0.05, 0.1) is 13.2 Å². The Balaban J connectivity index is 2.38. The molecule has 1 saturated carbocycles. The maximum absolute atomic E-state index is 9.35. The van der Waals surface area contributed by atoms with Gasteiger partial charge in [-0.25, -0.2) is 0 Å². The average Bonchev–Trinajstić information content (AvgIpc) is 2.15. The number of nitrogens with two attached hydrogens (primary N) is 1. The van der Waals surface area contributed by atoms with Crippen LogP contribution in [0, 0.1) is 0 Å². The summed E-state index contributed by atoms with van der Waals surface area (Å²) in [6.07, 6.45) is 0.915. The highest BCUT2D eigenvalue weighted by Gasteiger charge is 2.43. The Kier molecular flexibility index (Phi) is 2.75. The summed E-state index contributed by atoms with van der Waals surface area (Å²) >= 11 is 3.41. The van der Waals surface area contributed by atoms with E-state index in [-0.39, 0.29) is 6.10 Å². The Bertz CT molecular complexity index is 375. The first-order valence-corrected chi connectivity index (χ1v) is 5.65. The Morgan fingerprint density at radius 1 is 1.53 bits per heavy atom. The molecule has 1 aliphatic rings. The largest absolute Gasteiger partial charge is 0.496 e. The van der Waals surface area contributed by atoms with Crippen LogP contribution in [0.4, 0.5) is 0 Å². The second kappa shape index (κ2) is 3.77. The SMILES string of the molecule is COc1ccc(Br)cc1C1(N)CC(O)C1. The van der Waals surface area contributed by atoms with Crippen LogP contribution < -0.4 is 10.5 Å². The van der Waals surface area contributed by atoms with E-state index >= 15 is 0 Å². The molecule has 3 nitrogen and oxygen atoms in total. The number of benzene rings is 1. The summed E-state index contributed by atoms with van der Waals surface area (Å²) in [5.41, 5.74) is 6.73. The van der Waals surface area contributed by atoms with Crippen LogP contribution in [0.3, 0.4) is 0 Å². The molecule has 0 spiro atoms. The van der Waals surface area contributed by atoms with Gasteiger partial charge < -0.3 is 15.6 Å². The third kappa shape index (κ3) is 1.89. The van der Waals surface area contributed by atoms with E-state index in [4.69, 9.17) is 10.5 Å². The molecule has 2 rings (SSSR count). The predicted molar refractivity (Wildman–Crippen MR) is 61.8 cm³/mol. The normalized spacial score (nSPS) is 29.7. The van der Waals surface area contributed by atoms with Crippen LogP contribution in [0.1, 0.15) is 18.4 Å². The van der Waals surface area contributed by atoms with Crippen molar-refractivity contribution < 1.29 is 9.84 Å². The highest BCUT2D eigenvalue weighted by atomic mass is 79.9. The lowest BCUT2D eigenvalue weighted by Gasteiger charge is -2.43. The van der Waals surface area contributed by atoms with Gasteiger partial charge in [-0.1, -0.05) is 15.9 Å². The zero-order valence-electron chi connectivity index (χ0n) is 8.53. The molecule has 0 heterocycles. The van der Waals surface area contributed by atoms with E-state index in [9.17, 15) is 5.11 Å². The van der Waals surface area contributed by atoms with E-state index in [1.54, 1.807) is 7.11 Å². The van der Waals surface area contributed by atoms with Gasteiger partial charge in [0.1, 0.15) is 5.75 Å². The molecule has 82 valence electrons. The van der Waals surface area contributed by atoms with Crippen molar-refractivity contribution in [3.8, 4) is 5.75 Å². The average molecular weight is 272 g/mol. The van der Waals surface area contributed by atoms with Crippen molar-refractivity contribution in [1.82, 2.24) is 0 Å². The van der Waals surface area contributed by atoms with E-state index in [0.29, 0.717) is 12.8 Å². The summed E-state index contributed by atoms with van der Waals surface area (Å²) in [6.45, 7) is 0. The molecule has 0 radical (unpaired) electrons. The van der Waals surface area contributed by atoms with Gasteiger partial charge in [-0.15, -0.1) is 0 Å². The molecule has 1 fully saturated rings. The molecule has 0 bridgehead atoms. The van der Waals surface area contributed by atoms with Gasteiger partial charge in [-0.05, 0) is 31.0 Å². The summed E-state index contributed by atoms with van der Waals surface area (Å²) in [7, 11) is 1.63. The van der Waals surface area contributed by atoms with Crippen LogP contribution >= 0.6 is 15.9 Å². The van der Waals surface area contributed by atoms with E-state index in [2.05, 4.69) is 15.9 Å². The Morgan fingerprint density at radius 3 is 2.73 bits per heavy atom. The van der Waals surface area contributed by atoms with Gasteiger partial charge in [0.25, 0.3) is 0 Å². The molecule has 0 amide bonds. The van der Waals surface area contributed by atoms with Crippen molar-refractivity contribution in [3.63, 3.8) is 0 Å². The smallest absolute Gasteiger partial charge is 0.123 e. The number of rotatable bonds is 2. The fraction of sp³-hybridized carbons (Fsp3) is 0.455. The van der Waals surface area contributed by atoms with Crippen LogP contribution in [0.15, 0.2) is 22.7 Å². The molecular formula is C11H14BrNO2. The van der Waals surface area contributed by atoms with Crippen LogP contribution in [0.5, 0.6) is 5.75 Å². The summed E-state index contributed by atoms with van der Waals surface area (Å²) < 4.78 is 6.25. The van der Waals surface area contributed by atoms with Gasteiger partial charge >= 0.3 is 0 Å². The Morgan fingerprint density at radius 2 is 2.20 bits per heavy atom. The molecule has 4 heteroatoms. The van der Waals surface area contributed by atoms with Gasteiger partial charge in [0.15, 0.2) is 0 Å². The summed E-state index contributed by atoms with van der Waals surface area (Å²) in [6, 6.07) is 5.77. The number of hydrogen-bond donors (Lipinski definition) is 2. The number of aliphatic hydroxyl groups is 1. The molecule has 0 aromatic heterocycles. The van der Waals surface area contributed by atoms with Crippen LogP contribution in [0.25, 0.3) is 0 Å². The molecule has 0 unspecified atom stereocenters. The van der Waals surface area contributed by atoms with Gasteiger partial charge in [0.2, 0.25) is 0 Å². The summed E-state index contributed by atoms with van der Waals surface area (Å²) in [4.78, 5) is 0. The molecule has 1 aromatic rings.